The maximum absolute atomic E-state index is 10.6. The standard InChI is InChI=1S/C30H37N9O3.C2HF3O2/c1-41-25-17-21(3-5-23(25)19-7-11-37(12-8-19)29(31)32)27-35-36-28(39(27)15-16-40)22-4-6-24(26(18-22)42-2)20-9-13-38(14-10-20)30(33)34;3-2(4,5)1(6)7/h3-7,9,17-18,40H,8,10-16H2,1-2H3,(H3,31,32)(H3,33,34);(H,6,7). The van der Waals surface area contributed by atoms with Gasteiger partial charge in [0.25, 0.3) is 0 Å². The average Bonchev–Trinajstić information content (AvgIpc) is 3.51. The first-order valence-corrected chi connectivity index (χ1v) is 15.1. The molecule has 2 aliphatic rings. The number of halogens is 3. The van der Waals surface area contributed by atoms with Gasteiger partial charge in [0.2, 0.25) is 0 Å². The van der Waals surface area contributed by atoms with E-state index in [1.165, 1.54) is 0 Å². The first-order valence-electron chi connectivity index (χ1n) is 15.1. The number of alkyl halides is 3. The number of carboxylic acid groups (broad SMARTS) is 1. The normalized spacial score (nSPS) is 14.7. The van der Waals surface area contributed by atoms with E-state index in [0.29, 0.717) is 55.9 Å². The van der Waals surface area contributed by atoms with Crippen molar-refractivity contribution in [1.82, 2.24) is 24.6 Å². The summed E-state index contributed by atoms with van der Waals surface area (Å²) in [4.78, 5) is 12.5. The Morgan fingerprint density at radius 1 is 0.857 bits per heavy atom. The first kappa shape index (κ1) is 36.3. The Kier molecular flexibility index (Phi) is 11.5. The summed E-state index contributed by atoms with van der Waals surface area (Å²) in [7, 11) is 3.29. The molecule has 2 aliphatic heterocycles. The molecule has 0 fully saturated rings. The van der Waals surface area contributed by atoms with Gasteiger partial charge < -0.3 is 45.5 Å². The number of carbonyl (C=O) groups is 1. The average molecular weight is 686 g/mol. The molecule has 3 heterocycles. The van der Waals surface area contributed by atoms with Crippen LogP contribution in [0.2, 0.25) is 0 Å². The molecule has 17 heteroatoms. The number of hydrogen-bond acceptors (Lipinski definition) is 8. The number of nitrogens with two attached hydrogens (primary N) is 2. The lowest BCUT2D eigenvalue weighted by Crippen LogP contribution is -2.39. The van der Waals surface area contributed by atoms with Gasteiger partial charge in [0.1, 0.15) is 11.5 Å². The van der Waals surface area contributed by atoms with Crippen molar-refractivity contribution in [3.8, 4) is 34.3 Å². The second kappa shape index (κ2) is 15.5. The van der Waals surface area contributed by atoms with Gasteiger partial charge in [-0.05, 0) is 36.1 Å². The number of aliphatic hydroxyl groups excluding tert-OH is 1. The molecule has 0 spiro atoms. The third kappa shape index (κ3) is 8.48. The second-order valence-corrected chi connectivity index (χ2v) is 11.0. The number of guanidine groups is 2. The molecule has 262 valence electrons. The number of nitrogens with zero attached hydrogens (tertiary/aromatic N) is 5. The van der Waals surface area contributed by atoms with Crippen LogP contribution in [0, 0.1) is 10.8 Å². The van der Waals surface area contributed by atoms with Gasteiger partial charge in [-0.15, -0.1) is 10.2 Å². The predicted molar refractivity (Wildman–Crippen MR) is 177 cm³/mol. The number of aromatic nitrogens is 3. The van der Waals surface area contributed by atoms with Gasteiger partial charge in [-0.1, -0.05) is 36.4 Å². The van der Waals surface area contributed by atoms with Crippen molar-refractivity contribution in [3.63, 3.8) is 0 Å². The van der Waals surface area contributed by atoms with Gasteiger partial charge in [0.15, 0.2) is 23.6 Å². The highest BCUT2D eigenvalue weighted by atomic mass is 19.4. The lowest BCUT2D eigenvalue weighted by molar-refractivity contribution is -0.192. The summed E-state index contributed by atoms with van der Waals surface area (Å²) in [5.41, 5.74) is 17.2. The zero-order valence-electron chi connectivity index (χ0n) is 26.9. The smallest absolute Gasteiger partial charge is 0.490 e. The fraction of sp³-hybridized carbons (Fsp3) is 0.344. The molecule has 5 rings (SSSR count). The molecule has 0 radical (unpaired) electrons. The molecule has 2 aromatic carbocycles. The summed E-state index contributed by atoms with van der Waals surface area (Å²) >= 11 is 0. The maximum Gasteiger partial charge on any atom is 0.490 e. The van der Waals surface area contributed by atoms with Crippen molar-refractivity contribution >= 4 is 29.0 Å². The zero-order chi connectivity index (χ0) is 35.9. The molecular formula is C32H38F3N9O5. The highest BCUT2D eigenvalue weighted by Crippen LogP contribution is 2.37. The van der Waals surface area contributed by atoms with Gasteiger partial charge in [-0.3, -0.25) is 10.8 Å². The van der Waals surface area contributed by atoms with Crippen molar-refractivity contribution in [1.29, 1.82) is 10.8 Å². The monoisotopic (exact) mass is 685 g/mol. The molecule has 0 unspecified atom stereocenters. The van der Waals surface area contributed by atoms with E-state index in [1.54, 1.807) is 14.2 Å². The molecule has 0 aliphatic carbocycles. The molecule has 0 saturated heterocycles. The molecular weight excluding hydrogens is 647 g/mol. The Hall–Kier alpha value is -5.58. The fourth-order valence-electron chi connectivity index (χ4n) is 5.50. The zero-order valence-corrected chi connectivity index (χ0v) is 26.9. The lowest BCUT2D eigenvalue weighted by Gasteiger charge is -2.27. The van der Waals surface area contributed by atoms with Crippen molar-refractivity contribution < 1.29 is 37.7 Å². The molecule has 3 aromatic rings. The number of aliphatic hydroxyl groups is 1. The van der Waals surface area contributed by atoms with Crippen LogP contribution in [-0.2, 0) is 11.3 Å². The largest absolute Gasteiger partial charge is 0.496 e. The van der Waals surface area contributed by atoms with Gasteiger partial charge in [-0.2, -0.15) is 13.2 Å². The minimum atomic E-state index is -5.08. The molecule has 1 aromatic heterocycles. The van der Waals surface area contributed by atoms with E-state index < -0.39 is 12.1 Å². The number of nitrogens with one attached hydrogen (secondary N) is 2. The summed E-state index contributed by atoms with van der Waals surface area (Å²) in [6.07, 6.45) is 0.580. The number of aliphatic carboxylic acids is 1. The van der Waals surface area contributed by atoms with Crippen LogP contribution in [0.15, 0.2) is 48.6 Å². The summed E-state index contributed by atoms with van der Waals surface area (Å²) in [6, 6.07) is 11.9. The molecule has 8 N–H and O–H groups in total. The van der Waals surface area contributed by atoms with Crippen LogP contribution in [-0.4, -0.2) is 106 Å². The highest BCUT2D eigenvalue weighted by Gasteiger charge is 2.38. The van der Waals surface area contributed by atoms with E-state index in [4.69, 9.17) is 41.7 Å². The van der Waals surface area contributed by atoms with E-state index in [0.717, 1.165) is 46.2 Å². The second-order valence-electron chi connectivity index (χ2n) is 11.0. The van der Waals surface area contributed by atoms with Gasteiger partial charge >= 0.3 is 12.1 Å². The molecule has 49 heavy (non-hydrogen) atoms. The van der Waals surface area contributed by atoms with Crippen LogP contribution in [0.1, 0.15) is 24.0 Å². The fourth-order valence-corrected chi connectivity index (χ4v) is 5.50. The van der Waals surface area contributed by atoms with E-state index in [1.807, 2.05) is 50.8 Å². The van der Waals surface area contributed by atoms with Gasteiger partial charge in [0.05, 0.1) is 20.8 Å². The van der Waals surface area contributed by atoms with Crippen LogP contribution < -0.4 is 20.9 Å². The molecule has 14 nitrogen and oxygen atoms in total. The predicted octanol–water partition coefficient (Wildman–Crippen LogP) is 3.22. The quantitative estimate of drug-likeness (QED) is 0.150. The summed E-state index contributed by atoms with van der Waals surface area (Å²) in [6.45, 7) is 2.75. The number of rotatable bonds is 8. The van der Waals surface area contributed by atoms with Crippen molar-refractivity contribution in [3.05, 3.63) is 59.7 Å². The number of benzene rings is 2. The minimum Gasteiger partial charge on any atom is -0.496 e. The number of carboxylic acids is 1. The Labute approximate surface area is 280 Å². The van der Waals surface area contributed by atoms with Crippen LogP contribution in [0.25, 0.3) is 33.9 Å². The summed E-state index contributed by atoms with van der Waals surface area (Å²) in [5, 5.41) is 41.4. The Morgan fingerprint density at radius 2 is 1.27 bits per heavy atom. The van der Waals surface area contributed by atoms with Gasteiger partial charge in [-0.25, -0.2) is 4.79 Å². The molecule has 0 bridgehead atoms. The van der Waals surface area contributed by atoms with Gasteiger partial charge in [0, 0.05) is 55.0 Å². The van der Waals surface area contributed by atoms with E-state index in [2.05, 4.69) is 22.3 Å². The van der Waals surface area contributed by atoms with Crippen molar-refractivity contribution in [2.45, 2.75) is 25.6 Å². The van der Waals surface area contributed by atoms with Crippen LogP contribution in [0.3, 0.4) is 0 Å². The summed E-state index contributed by atoms with van der Waals surface area (Å²) < 4.78 is 45.2. The third-order valence-corrected chi connectivity index (χ3v) is 8.03. The minimum absolute atomic E-state index is 0.0750. The summed E-state index contributed by atoms with van der Waals surface area (Å²) in [5.74, 6) is 0.0539. The molecule has 0 amide bonds. The molecule has 0 saturated carbocycles. The van der Waals surface area contributed by atoms with E-state index in [-0.39, 0.29) is 18.5 Å². The highest BCUT2D eigenvalue weighted by molar-refractivity contribution is 5.80. The van der Waals surface area contributed by atoms with E-state index in [9.17, 15) is 18.3 Å². The maximum atomic E-state index is 10.6. The lowest BCUT2D eigenvalue weighted by atomic mass is 9.97. The third-order valence-electron chi connectivity index (χ3n) is 8.03. The topological polar surface area (TPSA) is 213 Å². The Balaban J connectivity index is 0.000000698. The van der Waals surface area contributed by atoms with Crippen molar-refractivity contribution in [2.24, 2.45) is 11.5 Å². The molecule has 0 atom stereocenters. The Bertz CT molecular complexity index is 1660. The Morgan fingerprint density at radius 3 is 1.55 bits per heavy atom. The van der Waals surface area contributed by atoms with Crippen molar-refractivity contribution in [2.75, 3.05) is 47.0 Å². The van der Waals surface area contributed by atoms with Crippen LogP contribution in [0.4, 0.5) is 13.2 Å². The van der Waals surface area contributed by atoms with E-state index >= 15 is 0 Å². The number of hydrogen-bond donors (Lipinski definition) is 6. The number of ether oxygens (including phenoxy) is 2. The van der Waals surface area contributed by atoms with Crippen LogP contribution >= 0.6 is 0 Å². The van der Waals surface area contributed by atoms with Crippen LogP contribution in [0.5, 0.6) is 11.5 Å². The number of methoxy groups -OCH3 is 2. The SMILES string of the molecule is COc1cc(-c2nnc(-c3ccc(C4=CCN(C(=N)N)CC4)c(OC)c3)n2CCO)ccc1C1=CCN(C(=N)N)CC1.O=C(O)C(F)(F)F. The first-order chi connectivity index (χ1) is 23.3.